The van der Waals surface area contributed by atoms with Gasteiger partial charge in [0.2, 0.25) is 0 Å². The van der Waals surface area contributed by atoms with E-state index in [1.165, 1.54) is 5.82 Å². The lowest BCUT2D eigenvalue weighted by Crippen LogP contribution is -2.17. The van der Waals surface area contributed by atoms with Crippen LogP contribution in [0.15, 0.2) is 12.4 Å². The summed E-state index contributed by atoms with van der Waals surface area (Å²) in [5.74, 6) is 2.17. The lowest BCUT2D eigenvalue weighted by atomic mass is 9.82. The van der Waals surface area contributed by atoms with Crippen molar-refractivity contribution in [1.82, 2.24) is 14.4 Å². The Morgan fingerprint density at radius 1 is 1.37 bits per heavy atom. The molecule has 0 radical (unpaired) electrons. The fourth-order valence-corrected chi connectivity index (χ4v) is 3.96. The highest BCUT2D eigenvalue weighted by atomic mass is 127. The van der Waals surface area contributed by atoms with E-state index in [-0.39, 0.29) is 0 Å². The third kappa shape index (κ3) is 2.38. The van der Waals surface area contributed by atoms with Crippen molar-refractivity contribution < 1.29 is 5.11 Å². The highest BCUT2D eigenvalue weighted by Gasteiger charge is 2.26. The summed E-state index contributed by atoms with van der Waals surface area (Å²) in [4.78, 5) is 9.13. The van der Waals surface area contributed by atoms with Crippen LogP contribution in [-0.4, -0.2) is 26.1 Å². The van der Waals surface area contributed by atoms with E-state index in [9.17, 15) is 5.11 Å². The summed E-state index contributed by atoms with van der Waals surface area (Å²) in [5.41, 5.74) is 2.18. The van der Waals surface area contributed by atoms with Gasteiger partial charge in [-0.15, -0.1) is 0 Å². The van der Waals surface area contributed by atoms with Crippen molar-refractivity contribution in [3.05, 3.63) is 27.6 Å². The molecule has 0 spiro atoms. The minimum Gasteiger partial charge on any atom is -0.396 e. The van der Waals surface area contributed by atoms with E-state index < -0.39 is 0 Å². The fourth-order valence-electron chi connectivity index (χ4n) is 3.06. The first kappa shape index (κ1) is 13.3. The topological polar surface area (TPSA) is 50.4 Å². The molecule has 5 heteroatoms. The minimum absolute atomic E-state index is 0.329. The molecule has 1 saturated carbocycles. The van der Waals surface area contributed by atoms with Gasteiger partial charge in [-0.05, 0) is 61.1 Å². The van der Waals surface area contributed by atoms with Gasteiger partial charge in [-0.1, -0.05) is 0 Å². The Balaban J connectivity index is 1.96. The lowest BCUT2D eigenvalue weighted by Gasteiger charge is -2.26. The molecule has 2 heterocycles. The molecule has 102 valence electrons. The molecule has 19 heavy (non-hydrogen) atoms. The van der Waals surface area contributed by atoms with Crippen molar-refractivity contribution in [2.24, 2.45) is 5.92 Å². The van der Waals surface area contributed by atoms with Crippen molar-refractivity contribution >= 4 is 28.1 Å². The normalized spacial score (nSPS) is 23.9. The van der Waals surface area contributed by atoms with E-state index in [0.29, 0.717) is 18.4 Å². The van der Waals surface area contributed by atoms with E-state index >= 15 is 0 Å². The number of halogens is 1. The van der Waals surface area contributed by atoms with Crippen LogP contribution in [0.3, 0.4) is 0 Å². The molecule has 2 aromatic heterocycles. The molecule has 0 aliphatic heterocycles. The number of aryl methyl sites for hydroxylation is 1. The number of aliphatic hydroxyl groups is 1. The standard InChI is InChI=1S/C14H18IN3O/c1-9-12-13(15)17-14(18(12)7-6-16-9)11-4-2-10(8-19)3-5-11/h6-7,10-11,19H,2-5,8H2,1H3. The molecule has 0 amide bonds. The minimum atomic E-state index is 0.329. The molecular formula is C14H18IN3O. The second kappa shape index (κ2) is 5.36. The smallest absolute Gasteiger partial charge is 0.129 e. The van der Waals surface area contributed by atoms with Crippen molar-refractivity contribution in [3.8, 4) is 0 Å². The van der Waals surface area contributed by atoms with Crippen molar-refractivity contribution in [1.29, 1.82) is 0 Å². The third-order valence-corrected chi connectivity index (χ3v) is 4.94. The molecule has 0 bridgehead atoms. The lowest BCUT2D eigenvalue weighted by molar-refractivity contribution is 0.181. The van der Waals surface area contributed by atoms with Gasteiger partial charge in [-0.3, -0.25) is 9.38 Å². The van der Waals surface area contributed by atoms with Crippen molar-refractivity contribution in [2.75, 3.05) is 6.61 Å². The molecule has 0 aromatic carbocycles. The van der Waals surface area contributed by atoms with Crippen LogP contribution in [0, 0.1) is 16.5 Å². The Bertz CT molecular complexity index is 588. The number of hydrogen-bond acceptors (Lipinski definition) is 3. The van der Waals surface area contributed by atoms with Gasteiger partial charge in [0, 0.05) is 24.9 Å². The number of imidazole rings is 1. The number of hydrogen-bond donors (Lipinski definition) is 1. The number of aliphatic hydroxyl groups excluding tert-OH is 1. The second-order valence-electron chi connectivity index (χ2n) is 5.39. The Morgan fingerprint density at radius 3 is 2.79 bits per heavy atom. The zero-order valence-electron chi connectivity index (χ0n) is 11.0. The Hall–Kier alpha value is -0.690. The number of aromatic nitrogens is 3. The van der Waals surface area contributed by atoms with Crippen LogP contribution in [0.25, 0.3) is 5.52 Å². The first-order chi connectivity index (χ1) is 9.20. The third-order valence-electron chi connectivity index (χ3n) is 4.19. The maximum absolute atomic E-state index is 9.23. The van der Waals surface area contributed by atoms with Crippen LogP contribution < -0.4 is 0 Å². The number of rotatable bonds is 2. The van der Waals surface area contributed by atoms with Gasteiger partial charge in [-0.25, -0.2) is 4.98 Å². The van der Waals surface area contributed by atoms with Crippen molar-refractivity contribution in [3.63, 3.8) is 0 Å². The van der Waals surface area contributed by atoms with Crippen LogP contribution in [-0.2, 0) is 0 Å². The monoisotopic (exact) mass is 371 g/mol. The summed E-state index contributed by atoms with van der Waals surface area (Å²) < 4.78 is 3.25. The highest BCUT2D eigenvalue weighted by molar-refractivity contribution is 14.1. The van der Waals surface area contributed by atoms with Gasteiger partial charge in [0.1, 0.15) is 15.0 Å². The molecule has 0 unspecified atom stereocenters. The molecule has 1 aliphatic carbocycles. The largest absolute Gasteiger partial charge is 0.396 e. The van der Waals surface area contributed by atoms with Crippen LogP contribution in [0.5, 0.6) is 0 Å². The number of nitrogens with zero attached hydrogens (tertiary/aromatic N) is 3. The summed E-state index contributed by atoms with van der Waals surface area (Å²) in [6.07, 6.45) is 8.34. The highest BCUT2D eigenvalue weighted by Crippen LogP contribution is 2.36. The average molecular weight is 371 g/mol. The molecule has 2 aromatic rings. The van der Waals surface area contributed by atoms with E-state index in [0.717, 1.165) is 40.6 Å². The predicted molar refractivity (Wildman–Crippen MR) is 82.2 cm³/mol. The fraction of sp³-hybridized carbons (Fsp3) is 0.571. The first-order valence-corrected chi connectivity index (χ1v) is 7.88. The predicted octanol–water partition coefficient (Wildman–Crippen LogP) is 2.91. The summed E-state index contributed by atoms with van der Waals surface area (Å²) in [5, 5.41) is 9.23. The Kier molecular flexibility index (Phi) is 3.75. The van der Waals surface area contributed by atoms with Crippen LogP contribution in [0.2, 0.25) is 0 Å². The van der Waals surface area contributed by atoms with Gasteiger partial charge in [0.15, 0.2) is 0 Å². The summed E-state index contributed by atoms with van der Waals surface area (Å²) in [7, 11) is 0. The molecule has 0 saturated heterocycles. The van der Waals surface area contributed by atoms with E-state index in [4.69, 9.17) is 4.98 Å². The maximum atomic E-state index is 9.23. The van der Waals surface area contributed by atoms with Crippen LogP contribution >= 0.6 is 22.6 Å². The molecular weight excluding hydrogens is 353 g/mol. The van der Waals surface area contributed by atoms with E-state index in [2.05, 4.69) is 32.0 Å². The SMILES string of the molecule is Cc1nccn2c(C3CCC(CO)CC3)nc(I)c12. The average Bonchev–Trinajstić information content (AvgIpc) is 2.78. The van der Waals surface area contributed by atoms with E-state index in [1.54, 1.807) is 0 Å². The quantitative estimate of drug-likeness (QED) is 0.826. The van der Waals surface area contributed by atoms with Gasteiger partial charge in [0.05, 0.1) is 5.69 Å². The second-order valence-corrected chi connectivity index (χ2v) is 6.41. The first-order valence-electron chi connectivity index (χ1n) is 6.80. The zero-order valence-corrected chi connectivity index (χ0v) is 13.2. The Morgan fingerprint density at radius 2 is 2.11 bits per heavy atom. The summed E-state index contributed by atoms with van der Waals surface area (Å²) in [6, 6.07) is 0. The summed E-state index contributed by atoms with van der Waals surface area (Å²) in [6.45, 7) is 2.36. The van der Waals surface area contributed by atoms with Crippen LogP contribution in [0.1, 0.15) is 43.1 Å². The number of fused-ring (bicyclic) bond motifs is 1. The van der Waals surface area contributed by atoms with Crippen molar-refractivity contribution in [2.45, 2.75) is 38.5 Å². The van der Waals surface area contributed by atoms with Gasteiger partial charge in [0.25, 0.3) is 0 Å². The van der Waals surface area contributed by atoms with Gasteiger partial charge >= 0.3 is 0 Å². The molecule has 1 fully saturated rings. The Labute approximate surface area is 126 Å². The molecule has 1 aliphatic rings. The summed E-state index contributed by atoms with van der Waals surface area (Å²) >= 11 is 2.30. The zero-order chi connectivity index (χ0) is 13.4. The molecule has 3 rings (SSSR count). The van der Waals surface area contributed by atoms with Gasteiger partial charge in [-0.2, -0.15) is 0 Å². The maximum Gasteiger partial charge on any atom is 0.129 e. The molecule has 4 nitrogen and oxygen atoms in total. The van der Waals surface area contributed by atoms with Gasteiger partial charge < -0.3 is 5.11 Å². The van der Waals surface area contributed by atoms with E-state index in [1.807, 2.05) is 19.3 Å². The molecule has 0 atom stereocenters. The molecule has 1 N–H and O–H groups in total. The van der Waals surface area contributed by atoms with Crippen LogP contribution in [0.4, 0.5) is 0 Å².